The van der Waals surface area contributed by atoms with E-state index in [0.29, 0.717) is 0 Å². The summed E-state index contributed by atoms with van der Waals surface area (Å²) < 4.78 is 6.21. The molecule has 1 heterocycles. The largest absolute Gasteiger partial charge is 0.457 e. The Morgan fingerprint density at radius 3 is 2.56 bits per heavy atom. The Kier molecular flexibility index (Phi) is 6.45. The monoisotopic (exact) mass is 509 g/mol. The van der Waals surface area contributed by atoms with Gasteiger partial charge < -0.3 is 9.64 Å². The minimum Gasteiger partial charge on any atom is -0.457 e. The lowest BCUT2D eigenvalue weighted by Crippen LogP contribution is -2.25. The van der Waals surface area contributed by atoms with Gasteiger partial charge in [-0.2, -0.15) is 0 Å². The van der Waals surface area contributed by atoms with Crippen molar-refractivity contribution in [2.75, 3.05) is 24.3 Å². The zero-order chi connectivity index (χ0) is 22.9. The molecule has 6 heteroatoms. The summed E-state index contributed by atoms with van der Waals surface area (Å²) in [5.74, 6) is -0.500. The predicted molar refractivity (Wildman–Crippen MR) is 134 cm³/mol. The van der Waals surface area contributed by atoms with Crippen LogP contribution < -0.4 is 4.90 Å². The van der Waals surface area contributed by atoms with Crippen molar-refractivity contribution in [3.63, 3.8) is 0 Å². The number of thioether (sulfide) groups is 1. The van der Waals surface area contributed by atoms with E-state index in [9.17, 15) is 9.59 Å². The van der Waals surface area contributed by atoms with Crippen LogP contribution in [0.25, 0.3) is 10.8 Å². The van der Waals surface area contributed by atoms with E-state index in [1.807, 2.05) is 66.5 Å². The van der Waals surface area contributed by atoms with Crippen molar-refractivity contribution in [1.29, 1.82) is 0 Å². The van der Waals surface area contributed by atoms with Crippen molar-refractivity contribution in [3.05, 3.63) is 82.5 Å². The molecule has 0 atom stereocenters. The SMILES string of the molecule is CN1C(=CC(=O)COC(=O)CSc2ccc3ccccc3c2Br)C(C)(C)c2ccccc21. The summed E-state index contributed by atoms with van der Waals surface area (Å²) in [5.41, 5.74) is 2.87. The minimum atomic E-state index is -0.413. The molecule has 0 aromatic heterocycles. The fraction of sp³-hybridized carbons (Fsp3) is 0.231. The molecule has 32 heavy (non-hydrogen) atoms. The summed E-state index contributed by atoms with van der Waals surface area (Å²) in [5, 5.41) is 2.23. The normalized spacial score (nSPS) is 15.8. The first-order valence-electron chi connectivity index (χ1n) is 10.3. The van der Waals surface area contributed by atoms with Gasteiger partial charge in [-0.05, 0) is 44.4 Å². The summed E-state index contributed by atoms with van der Waals surface area (Å²) in [7, 11) is 1.96. The molecule has 0 spiro atoms. The molecule has 1 aliphatic rings. The topological polar surface area (TPSA) is 46.6 Å². The quantitative estimate of drug-likeness (QED) is 0.227. The van der Waals surface area contributed by atoms with E-state index in [1.165, 1.54) is 17.3 Å². The van der Waals surface area contributed by atoms with Gasteiger partial charge >= 0.3 is 5.97 Å². The number of anilines is 1. The van der Waals surface area contributed by atoms with Crippen LogP contribution in [0.2, 0.25) is 0 Å². The van der Waals surface area contributed by atoms with Gasteiger partial charge in [-0.3, -0.25) is 9.59 Å². The molecule has 0 unspecified atom stereocenters. The fourth-order valence-electron chi connectivity index (χ4n) is 4.11. The molecule has 4 nitrogen and oxygen atoms in total. The van der Waals surface area contributed by atoms with Gasteiger partial charge in [0, 0.05) is 39.3 Å². The van der Waals surface area contributed by atoms with Crippen molar-refractivity contribution in [2.24, 2.45) is 0 Å². The van der Waals surface area contributed by atoms with Crippen molar-refractivity contribution >= 4 is 55.9 Å². The van der Waals surface area contributed by atoms with Crippen LogP contribution in [0.1, 0.15) is 19.4 Å². The number of esters is 1. The van der Waals surface area contributed by atoms with Crippen molar-refractivity contribution in [2.45, 2.75) is 24.2 Å². The molecular weight excluding hydrogens is 486 g/mol. The Labute approximate surface area is 200 Å². The second-order valence-corrected chi connectivity index (χ2v) is 10.1. The van der Waals surface area contributed by atoms with Crippen LogP contribution >= 0.6 is 27.7 Å². The summed E-state index contributed by atoms with van der Waals surface area (Å²) in [6.45, 7) is 3.93. The third-order valence-corrected chi connectivity index (χ3v) is 7.93. The third kappa shape index (κ3) is 4.34. The summed E-state index contributed by atoms with van der Waals surface area (Å²) in [6, 6.07) is 20.2. The molecule has 3 aromatic carbocycles. The van der Waals surface area contributed by atoms with Crippen LogP contribution in [0, 0.1) is 0 Å². The van der Waals surface area contributed by atoms with Gasteiger partial charge in [-0.15, -0.1) is 11.8 Å². The number of fused-ring (bicyclic) bond motifs is 2. The van der Waals surface area contributed by atoms with E-state index in [2.05, 4.69) is 35.8 Å². The highest BCUT2D eigenvalue weighted by Crippen LogP contribution is 2.46. The number of ether oxygens (including phenoxy) is 1. The van der Waals surface area contributed by atoms with E-state index in [-0.39, 0.29) is 23.6 Å². The lowest BCUT2D eigenvalue weighted by Gasteiger charge is -2.23. The van der Waals surface area contributed by atoms with Crippen LogP contribution in [0.4, 0.5) is 5.69 Å². The molecule has 0 N–H and O–H groups in total. The molecule has 1 aliphatic heterocycles. The number of allylic oxidation sites excluding steroid dienone is 1. The summed E-state index contributed by atoms with van der Waals surface area (Å²) >= 11 is 5.02. The molecule has 4 rings (SSSR count). The zero-order valence-electron chi connectivity index (χ0n) is 18.2. The molecule has 0 saturated carbocycles. The highest BCUT2D eigenvalue weighted by atomic mass is 79.9. The number of hydrogen-bond acceptors (Lipinski definition) is 5. The van der Waals surface area contributed by atoms with Gasteiger partial charge in [-0.25, -0.2) is 0 Å². The van der Waals surface area contributed by atoms with Crippen LogP contribution in [-0.2, 0) is 19.7 Å². The highest BCUT2D eigenvalue weighted by Gasteiger charge is 2.38. The lowest BCUT2D eigenvalue weighted by atomic mass is 9.83. The summed E-state index contributed by atoms with van der Waals surface area (Å²) in [6.07, 6.45) is 1.60. The number of para-hydroxylation sites is 1. The van der Waals surface area contributed by atoms with Gasteiger partial charge in [-0.1, -0.05) is 62.4 Å². The average Bonchev–Trinajstić information content (AvgIpc) is 2.98. The van der Waals surface area contributed by atoms with Crippen LogP contribution in [-0.4, -0.2) is 31.2 Å². The lowest BCUT2D eigenvalue weighted by molar-refractivity contribution is -0.144. The highest BCUT2D eigenvalue weighted by molar-refractivity contribution is 9.10. The molecule has 0 aliphatic carbocycles. The predicted octanol–water partition coefficient (Wildman–Crippen LogP) is 6.12. The van der Waals surface area contributed by atoms with Gasteiger partial charge in [0.2, 0.25) is 0 Å². The van der Waals surface area contributed by atoms with Crippen molar-refractivity contribution in [1.82, 2.24) is 0 Å². The molecule has 0 fully saturated rings. The van der Waals surface area contributed by atoms with Gasteiger partial charge in [0.1, 0.15) is 0 Å². The molecule has 164 valence electrons. The summed E-state index contributed by atoms with van der Waals surface area (Å²) in [4.78, 5) is 27.8. The Hall–Kier alpha value is -2.57. The van der Waals surface area contributed by atoms with E-state index < -0.39 is 5.97 Å². The van der Waals surface area contributed by atoms with Crippen molar-refractivity contribution in [3.8, 4) is 0 Å². The Morgan fingerprint density at radius 2 is 1.78 bits per heavy atom. The molecule has 0 saturated heterocycles. The number of benzene rings is 3. The van der Waals surface area contributed by atoms with Gasteiger partial charge in [0.05, 0.1) is 5.75 Å². The Balaban J connectivity index is 1.36. The number of rotatable bonds is 6. The van der Waals surface area contributed by atoms with Gasteiger partial charge in [0.25, 0.3) is 0 Å². The average molecular weight is 510 g/mol. The Morgan fingerprint density at radius 1 is 1.06 bits per heavy atom. The second-order valence-electron chi connectivity index (χ2n) is 8.25. The van der Waals surface area contributed by atoms with E-state index in [4.69, 9.17) is 4.74 Å². The fourth-order valence-corrected chi connectivity index (χ4v) is 5.70. The maximum absolute atomic E-state index is 12.6. The number of nitrogens with zero attached hydrogens (tertiary/aromatic N) is 1. The molecule has 3 aromatic rings. The van der Waals surface area contributed by atoms with Crippen LogP contribution in [0.5, 0.6) is 0 Å². The third-order valence-electron chi connectivity index (χ3n) is 5.79. The maximum Gasteiger partial charge on any atom is 0.316 e. The van der Waals surface area contributed by atoms with Crippen LogP contribution in [0.15, 0.2) is 81.8 Å². The van der Waals surface area contributed by atoms with Crippen LogP contribution in [0.3, 0.4) is 0 Å². The van der Waals surface area contributed by atoms with E-state index in [1.54, 1.807) is 6.08 Å². The minimum absolute atomic E-state index is 0.137. The van der Waals surface area contributed by atoms with E-state index in [0.717, 1.165) is 31.5 Å². The molecule has 0 bridgehead atoms. The second kappa shape index (κ2) is 9.12. The van der Waals surface area contributed by atoms with Crippen molar-refractivity contribution < 1.29 is 14.3 Å². The molecule has 0 amide bonds. The Bertz CT molecular complexity index is 1230. The number of likely N-dealkylation sites (N-methyl/N-ethyl adjacent to an activating group) is 1. The number of ketones is 1. The van der Waals surface area contributed by atoms with Gasteiger partial charge in [0.15, 0.2) is 12.4 Å². The first-order chi connectivity index (χ1) is 15.3. The molecular formula is C26H24BrNO3S. The number of halogens is 1. The molecule has 0 radical (unpaired) electrons. The number of carbonyl (C=O) groups is 2. The zero-order valence-corrected chi connectivity index (χ0v) is 20.6. The maximum atomic E-state index is 12.6. The first kappa shape index (κ1) is 22.6. The first-order valence-corrected chi connectivity index (χ1v) is 12.1. The number of carbonyl (C=O) groups excluding carboxylic acids is 2. The number of hydrogen-bond donors (Lipinski definition) is 0. The smallest absolute Gasteiger partial charge is 0.316 e. The standard InChI is InChI=1S/C26H24BrNO3S/c1-26(2)20-10-6-7-11-21(20)28(3)23(26)14-18(29)15-31-24(30)16-32-22-13-12-17-8-4-5-9-19(17)25(22)27/h4-14H,15-16H2,1-3H3. The van der Waals surface area contributed by atoms with E-state index >= 15 is 0 Å².